The lowest BCUT2D eigenvalue weighted by Gasteiger charge is -2.48. The second-order valence-electron chi connectivity index (χ2n) is 12.2. The van der Waals surface area contributed by atoms with E-state index >= 15 is 0 Å². The highest BCUT2D eigenvalue weighted by molar-refractivity contribution is 7.89. The first-order chi connectivity index (χ1) is 20.1. The molecule has 2 amide bonds. The van der Waals surface area contributed by atoms with Gasteiger partial charge in [-0.15, -0.1) is 0 Å². The topological polar surface area (TPSA) is 84.5 Å². The molecule has 7 rings (SSSR count). The molecule has 2 spiro atoms. The summed E-state index contributed by atoms with van der Waals surface area (Å²) in [6.45, 7) is 5.30. The van der Waals surface area contributed by atoms with Gasteiger partial charge in [0, 0.05) is 43.7 Å². The molecule has 11 heteroatoms. The second kappa shape index (κ2) is 10.0. The molecule has 3 aromatic carbocycles. The van der Waals surface area contributed by atoms with Gasteiger partial charge >= 0.3 is 0 Å². The average Bonchev–Trinajstić information content (AvgIpc) is 3.48. The second-order valence-corrected chi connectivity index (χ2v) is 14.5. The van der Waals surface area contributed by atoms with E-state index in [1.54, 1.807) is 48.2 Å². The van der Waals surface area contributed by atoms with E-state index in [9.17, 15) is 18.0 Å². The molecular weight excluding hydrogens is 574 g/mol. The molecule has 4 saturated heterocycles. The minimum atomic E-state index is -3.99. The first-order valence-electron chi connectivity index (χ1n) is 14.4. The van der Waals surface area contributed by atoms with Crippen LogP contribution in [0.25, 0.3) is 10.8 Å². The summed E-state index contributed by atoms with van der Waals surface area (Å²) in [6, 6.07) is 20.7. The monoisotopic (exact) mass is 607 g/mol. The maximum Gasteiger partial charge on any atom is 0.243 e. The average molecular weight is 608 g/mol. The van der Waals surface area contributed by atoms with Crippen molar-refractivity contribution in [2.75, 3.05) is 45.9 Å². The Balaban J connectivity index is 1.19. The van der Waals surface area contributed by atoms with E-state index in [2.05, 4.69) is 34.1 Å². The van der Waals surface area contributed by atoms with Gasteiger partial charge in [-0.2, -0.15) is 4.31 Å². The van der Waals surface area contributed by atoms with Gasteiger partial charge in [0.15, 0.2) is 0 Å². The Kier molecular flexibility index (Phi) is 6.63. The van der Waals surface area contributed by atoms with Crippen molar-refractivity contribution in [3.05, 3.63) is 77.3 Å². The van der Waals surface area contributed by atoms with Gasteiger partial charge in [-0.25, -0.2) is 8.42 Å². The number of hydrogen-bond donors (Lipinski definition) is 0. The van der Waals surface area contributed by atoms with Gasteiger partial charge in [-0.3, -0.25) is 19.4 Å². The summed E-state index contributed by atoms with van der Waals surface area (Å²) in [5, 5.41) is 2.18. The molecule has 220 valence electrons. The molecule has 0 radical (unpaired) electrons. The van der Waals surface area contributed by atoms with Crippen LogP contribution in [0.15, 0.2) is 71.6 Å². The standard InChI is InChI=1S/C31H34ClN5O4S/c1-23(38)34-20-31-21-35(42(40,41)28-10-8-25-15-27(32)9-7-26(25)16-28)18-29(39)36(31)19-30(37(31)22-34)11-13-33(14-12-30)17-24-5-3-2-4-6-24/h2-10,15-16H,11-14,17-22H2,1H3. The summed E-state index contributed by atoms with van der Waals surface area (Å²) in [7, 11) is -3.99. The number of likely N-dealkylation sites (tertiary alicyclic amines) is 1. The molecule has 4 heterocycles. The van der Waals surface area contributed by atoms with Crippen molar-refractivity contribution in [2.45, 2.75) is 42.4 Å². The molecule has 0 N–H and O–H groups in total. The third kappa shape index (κ3) is 4.43. The molecule has 0 saturated carbocycles. The maximum absolute atomic E-state index is 14.0. The first-order valence-corrected chi connectivity index (χ1v) is 16.2. The van der Waals surface area contributed by atoms with Crippen LogP contribution in [0.2, 0.25) is 5.02 Å². The lowest BCUT2D eigenvalue weighted by Crippen LogP contribution is -2.68. The number of piperidine rings is 1. The van der Waals surface area contributed by atoms with Crippen LogP contribution < -0.4 is 0 Å². The van der Waals surface area contributed by atoms with Gasteiger partial charge in [0.25, 0.3) is 0 Å². The summed E-state index contributed by atoms with van der Waals surface area (Å²) in [5.41, 5.74) is 0.0697. The molecule has 4 aliphatic rings. The molecule has 4 fully saturated rings. The van der Waals surface area contributed by atoms with E-state index < -0.39 is 15.7 Å². The van der Waals surface area contributed by atoms with Crippen LogP contribution in [0.1, 0.15) is 25.3 Å². The van der Waals surface area contributed by atoms with Gasteiger partial charge in [-0.05, 0) is 53.4 Å². The van der Waals surface area contributed by atoms with Crippen molar-refractivity contribution in [3.63, 3.8) is 0 Å². The van der Waals surface area contributed by atoms with Gasteiger partial charge in [0.1, 0.15) is 5.66 Å². The normalized spacial score (nSPS) is 24.9. The quantitative estimate of drug-likeness (QED) is 0.453. The summed E-state index contributed by atoms with van der Waals surface area (Å²) < 4.78 is 29.4. The highest BCUT2D eigenvalue weighted by Gasteiger charge is 2.67. The van der Waals surface area contributed by atoms with E-state index in [-0.39, 0.29) is 35.3 Å². The Morgan fingerprint density at radius 2 is 1.64 bits per heavy atom. The van der Waals surface area contributed by atoms with Crippen LogP contribution in [0.5, 0.6) is 0 Å². The highest BCUT2D eigenvalue weighted by atomic mass is 35.5. The number of carbonyl (C=O) groups is 2. The van der Waals surface area contributed by atoms with E-state index in [4.69, 9.17) is 11.6 Å². The SMILES string of the molecule is CC(=O)N1CN2C3(CCN(Cc4ccccc4)CC3)CN3C(=O)CN(S(=O)(=O)c4ccc5cc(Cl)ccc5c4)CC32C1. The molecular formula is C31H34ClN5O4S. The third-order valence-electron chi connectivity index (χ3n) is 9.72. The number of hydrogen-bond acceptors (Lipinski definition) is 6. The number of carbonyl (C=O) groups excluding carboxylic acids is 2. The van der Waals surface area contributed by atoms with Crippen molar-refractivity contribution >= 4 is 44.2 Å². The fourth-order valence-corrected chi connectivity index (χ4v) is 9.14. The predicted octanol–water partition coefficient (Wildman–Crippen LogP) is 3.19. The summed E-state index contributed by atoms with van der Waals surface area (Å²) in [4.78, 5) is 35.0. The molecule has 0 aromatic heterocycles. The molecule has 9 nitrogen and oxygen atoms in total. The van der Waals surface area contributed by atoms with Crippen molar-refractivity contribution < 1.29 is 18.0 Å². The molecule has 4 aliphatic heterocycles. The van der Waals surface area contributed by atoms with Gasteiger partial charge in [0.2, 0.25) is 21.8 Å². The number of piperazine rings is 1. The largest absolute Gasteiger partial charge is 0.326 e. The third-order valence-corrected chi connectivity index (χ3v) is 11.7. The van der Waals surface area contributed by atoms with Crippen molar-refractivity contribution in [2.24, 2.45) is 0 Å². The zero-order valence-electron chi connectivity index (χ0n) is 23.6. The van der Waals surface area contributed by atoms with Gasteiger partial charge in [-0.1, -0.05) is 54.1 Å². The Bertz CT molecular complexity index is 1680. The van der Waals surface area contributed by atoms with Crippen LogP contribution in [-0.4, -0.2) is 101 Å². The van der Waals surface area contributed by atoms with Crippen LogP contribution in [0.4, 0.5) is 0 Å². The smallest absolute Gasteiger partial charge is 0.243 e. The number of halogens is 1. The Morgan fingerprint density at radius 3 is 2.38 bits per heavy atom. The lowest BCUT2D eigenvalue weighted by atomic mass is 9.86. The van der Waals surface area contributed by atoms with E-state index in [0.717, 1.165) is 43.2 Å². The minimum absolute atomic E-state index is 0.0731. The zero-order valence-corrected chi connectivity index (χ0v) is 25.1. The van der Waals surface area contributed by atoms with Crippen LogP contribution >= 0.6 is 11.6 Å². The molecule has 1 unspecified atom stereocenters. The van der Waals surface area contributed by atoms with E-state index in [1.807, 2.05) is 11.0 Å². The number of amides is 2. The number of rotatable bonds is 4. The van der Waals surface area contributed by atoms with Crippen LogP contribution in [0.3, 0.4) is 0 Å². The van der Waals surface area contributed by atoms with Crippen molar-refractivity contribution in [3.8, 4) is 0 Å². The molecule has 0 aliphatic carbocycles. The van der Waals surface area contributed by atoms with Crippen molar-refractivity contribution in [1.82, 2.24) is 23.9 Å². The fraction of sp³-hybridized carbons (Fsp3) is 0.419. The molecule has 42 heavy (non-hydrogen) atoms. The van der Waals surface area contributed by atoms with Crippen molar-refractivity contribution in [1.29, 1.82) is 0 Å². The van der Waals surface area contributed by atoms with Crippen LogP contribution in [-0.2, 0) is 26.2 Å². The minimum Gasteiger partial charge on any atom is -0.326 e. The van der Waals surface area contributed by atoms with E-state index in [0.29, 0.717) is 24.8 Å². The summed E-state index contributed by atoms with van der Waals surface area (Å²) in [6.07, 6.45) is 1.69. The van der Waals surface area contributed by atoms with Gasteiger partial charge < -0.3 is 9.80 Å². The van der Waals surface area contributed by atoms with Gasteiger partial charge in [0.05, 0.1) is 31.2 Å². The maximum atomic E-state index is 14.0. The first kappa shape index (κ1) is 27.8. The Morgan fingerprint density at radius 1 is 0.929 bits per heavy atom. The number of fused-ring (bicyclic) bond motifs is 2. The number of sulfonamides is 1. The Labute approximate surface area is 251 Å². The number of benzene rings is 3. The lowest BCUT2D eigenvalue weighted by molar-refractivity contribution is -0.145. The predicted molar refractivity (Wildman–Crippen MR) is 160 cm³/mol. The highest BCUT2D eigenvalue weighted by Crippen LogP contribution is 2.49. The van der Waals surface area contributed by atoms with Crippen LogP contribution in [0, 0.1) is 0 Å². The summed E-state index contributed by atoms with van der Waals surface area (Å²) in [5.74, 6) is -0.285. The summed E-state index contributed by atoms with van der Waals surface area (Å²) >= 11 is 6.12. The number of nitrogens with zero attached hydrogens (tertiary/aromatic N) is 5. The zero-order chi connectivity index (χ0) is 29.3. The molecule has 0 bridgehead atoms. The Hall–Kier alpha value is -3.02. The molecule has 1 atom stereocenters. The van der Waals surface area contributed by atoms with E-state index in [1.165, 1.54) is 9.87 Å². The molecule has 3 aromatic rings. The fourth-order valence-electron chi connectivity index (χ4n) is 7.49.